The first-order chi connectivity index (χ1) is 14.6. The molecule has 2 fully saturated rings. The molecule has 0 radical (unpaired) electrons. The minimum Gasteiger partial charge on any atom is -0.338 e. The van der Waals surface area contributed by atoms with Gasteiger partial charge in [-0.15, -0.1) is 0 Å². The van der Waals surface area contributed by atoms with Crippen molar-refractivity contribution in [3.63, 3.8) is 0 Å². The van der Waals surface area contributed by atoms with E-state index in [4.69, 9.17) is 0 Å². The lowest BCUT2D eigenvalue weighted by Crippen LogP contribution is -2.34. The number of pyridine rings is 1. The van der Waals surface area contributed by atoms with Gasteiger partial charge in [0, 0.05) is 44.4 Å². The van der Waals surface area contributed by atoms with Crippen LogP contribution in [0, 0.1) is 5.92 Å². The summed E-state index contributed by atoms with van der Waals surface area (Å²) in [6.45, 7) is 2.15. The van der Waals surface area contributed by atoms with Crippen LogP contribution in [0.3, 0.4) is 0 Å². The van der Waals surface area contributed by atoms with Gasteiger partial charge in [-0.1, -0.05) is 18.2 Å². The van der Waals surface area contributed by atoms with Crippen LogP contribution in [0.5, 0.6) is 0 Å². The van der Waals surface area contributed by atoms with E-state index in [1.54, 1.807) is 11.1 Å². The van der Waals surface area contributed by atoms with Crippen LogP contribution in [0.1, 0.15) is 36.9 Å². The highest BCUT2D eigenvalue weighted by Gasteiger charge is 2.34. The van der Waals surface area contributed by atoms with E-state index in [2.05, 4.69) is 10.3 Å². The maximum atomic E-state index is 12.7. The number of carbonyl (C=O) groups is 3. The second-order valence-electron chi connectivity index (χ2n) is 7.96. The lowest BCUT2D eigenvalue weighted by Gasteiger charge is -2.27. The zero-order valence-corrected chi connectivity index (χ0v) is 16.9. The summed E-state index contributed by atoms with van der Waals surface area (Å²) in [6.07, 6.45) is 4.52. The highest BCUT2D eigenvalue weighted by Crippen LogP contribution is 2.22. The second kappa shape index (κ2) is 9.07. The van der Waals surface area contributed by atoms with Gasteiger partial charge in [0.1, 0.15) is 0 Å². The van der Waals surface area contributed by atoms with Gasteiger partial charge in [0.05, 0.1) is 18.2 Å². The maximum Gasteiger partial charge on any atom is 0.229 e. The number of nitrogens with zero attached hydrogens (tertiary/aromatic N) is 3. The summed E-state index contributed by atoms with van der Waals surface area (Å²) in [7, 11) is 0. The average molecular weight is 406 g/mol. The molecule has 1 aromatic heterocycles. The van der Waals surface area contributed by atoms with Crippen LogP contribution in [0.25, 0.3) is 0 Å². The summed E-state index contributed by atoms with van der Waals surface area (Å²) >= 11 is 0. The predicted molar refractivity (Wildman–Crippen MR) is 112 cm³/mol. The Balaban J connectivity index is 1.34. The van der Waals surface area contributed by atoms with E-state index < -0.39 is 0 Å². The summed E-state index contributed by atoms with van der Waals surface area (Å²) in [5, 5.41) is 2.94. The van der Waals surface area contributed by atoms with Crippen LogP contribution in [-0.4, -0.2) is 45.6 Å². The number of nitrogens with one attached hydrogen (secondary N) is 1. The maximum absolute atomic E-state index is 12.7. The molecular weight excluding hydrogens is 380 g/mol. The fourth-order valence-electron chi connectivity index (χ4n) is 4.03. The summed E-state index contributed by atoms with van der Waals surface area (Å²) in [5.74, 6) is -0.377. The van der Waals surface area contributed by atoms with Gasteiger partial charge in [-0.2, -0.15) is 0 Å². The number of anilines is 1. The molecule has 1 N–H and O–H groups in total. The molecule has 0 aliphatic carbocycles. The average Bonchev–Trinajstić information content (AvgIpc) is 3.11. The molecule has 3 amide bonds. The normalized spacial score (nSPS) is 19.3. The van der Waals surface area contributed by atoms with Gasteiger partial charge in [0.15, 0.2) is 0 Å². The van der Waals surface area contributed by atoms with Crippen molar-refractivity contribution in [1.29, 1.82) is 0 Å². The fourth-order valence-corrected chi connectivity index (χ4v) is 4.03. The van der Waals surface area contributed by atoms with E-state index in [0.29, 0.717) is 31.7 Å². The first-order valence-corrected chi connectivity index (χ1v) is 10.4. The van der Waals surface area contributed by atoms with E-state index in [0.717, 1.165) is 30.6 Å². The fraction of sp³-hybridized carbons (Fsp3) is 0.391. The molecule has 1 aromatic carbocycles. The molecule has 7 heteroatoms. The van der Waals surface area contributed by atoms with Crippen LogP contribution in [0.15, 0.2) is 48.7 Å². The van der Waals surface area contributed by atoms with Crippen molar-refractivity contribution < 1.29 is 14.4 Å². The Bertz CT molecular complexity index is 931. The third-order valence-electron chi connectivity index (χ3n) is 5.65. The molecule has 156 valence electrons. The zero-order chi connectivity index (χ0) is 20.9. The van der Waals surface area contributed by atoms with E-state index in [1.165, 1.54) is 0 Å². The predicted octanol–water partition coefficient (Wildman–Crippen LogP) is 2.58. The van der Waals surface area contributed by atoms with Crippen molar-refractivity contribution in [3.8, 4) is 0 Å². The van der Waals surface area contributed by atoms with Gasteiger partial charge in [-0.05, 0) is 42.7 Å². The van der Waals surface area contributed by atoms with Crippen LogP contribution >= 0.6 is 0 Å². The molecule has 30 heavy (non-hydrogen) atoms. The highest BCUT2D eigenvalue weighted by molar-refractivity contribution is 5.97. The molecule has 0 spiro atoms. The number of amides is 3. The van der Waals surface area contributed by atoms with Crippen molar-refractivity contribution in [2.45, 2.75) is 38.8 Å². The van der Waals surface area contributed by atoms with Crippen molar-refractivity contribution in [2.75, 3.05) is 18.4 Å². The largest absolute Gasteiger partial charge is 0.338 e. The topological polar surface area (TPSA) is 82.6 Å². The third kappa shape index (κ3) is 4.84. The first-order valence-electron chi connectivity index (χ1n) is 10.4. The first kappa shape index (κ1) is 20.1. The Morgan fingerprint density at radius 3 is 2.73 bits per heavy atom. The Kier molecular flexibility index (Phi) is 6.07. The Morgan fingerprint density at radius 2 is 1.93 bits per heavy atom. The molecule has 2 aromatic rings. The Morgan fingerprint density at radius 1 is 1.03 bits per heavy atom. The number of aromatic nitrogens is 1. The minimum absolute atomic E-state index is 0.0295. The number of benzene rings is 1. The lowest BCUT2D eigenvalue weighted by atomic mass is 10.1. The molecule has 2 aliphatic heterocycles. The molecule has 2 aliphatic rings. The van der Waals surface area contributed by atoms with Gasteiger partial charge in [-0.25, -0.2) is 0 Å². The van der Waals surface area contributed by atoms with Crippen LogP contribution in [-0.2, 0) is 27.5 Å². The zero-order valence-electron chi connectivity index (χ0n) is 16.9. The molecule has 0 bridgehead atoms. The van der Waals surface area contributed by atoms with Gasteiger partial charge in [0.2, 0.25) is 17.7 Å². The number of piperidine rings is 1. The third-order valence-corrected chi connectivity index (χ3v) is 5.65. The van der Waals surface area contributed by atoms with E-state index >= 15 is 0 Å². The van der Waals surface area contributed by atoms with Crippen molar-refractivity contribution >= 4 is 23.4 Å². The van der Waals surface area contributed by atoms with E-state index in [1.807, 2.05) is 47.4 Å². The summed E-state index contributed by atoms with van der Waals surface area (Å²) in [5.41, 5.74) is 2.49. The number of carbonyl (C=O) groups excluding carboxylic acids is 3. The molecule has 0 saturated carbocycles. The van der Waals surface area contributed by atoms with Gasteiger partial charge < -0.3 is 15.1 Å². The van der Waals surface area contributed by atoms with Gasteiger partial charge in [0.25, 0.3) is 0 Å². The molecule has 4 rings (SSSR count). The molecular formula is C23H26N4O3. The van der Waals surface area contributed by atoms with Crippen molar-refractivity contribution in [3.05, 3.63) is 59.9 Å². The minimum atomic E-state index is -0.381. The molecule has 7 nitrogen and oxygen atoms in total. The van der Waals surface area contributed by atoms with Crippen molar-refractivity contribution in [2.24, 2.45) is 5.92 Å². The van der Waals surface area contributed by atoms with Crippen LogP contribution < -0.4 is 5.32 Å². The number of likely N-dealkylation sites (tertiary alicyclic amines) is 2. The molecule has 1 atom stereocenters. The number of hydrogen-bond acceptors (Lipinski definition) is 4. The Hall–Kier alpha value is -3.22. The van der Waals surface area contributed by atoms with Crippen molar-refractivity contribution in [1.82, 2.24) is 14.8 Å². The molecule has 1 unspecified atom stereocenters. The lowest BCUT2D eigenvalue weighted by molar-refractivity contribution is -0.134. The smallest absolute Gasteiger partial charge is 0.229 e. The number of hydrogen-bond donors (Lipinski definition) is 1. The van der Waals surface area contributed by atoms with E-state index in [-0.39, 0.29) is 30.1 Å². The van der Waals surface area contributed by atoms with Gasteiger partial charge in [-0.3, -0.25) is 19.4 Å². The summed E-state index contributed by atoms with van der Waals surface area (Å²) in [4.78, 5) is 44.9. The standard InChI is InChI=1S/C23H26N4O3/c28-21-9-2-4-11-26(21)14-17-6-5-8-19(12-17)25-23(30)18-13-22(29)27(15-18)16-20-7-1-3-10-24-20/h1,3,5-8,10,12,18H,2,4,9,11,13-16H2,(H,25,30). The Labute approximate surface area is 176 Å². The summed E-state index contributed by atoms with van der Waals surface area (Å²) in [6, 6.07) is 13.2. The van der Waals surface area contributed by atoms with Gasteiger partial charge >= 0.3 is 0 Å². The quantitative estimate of drug-likeness (QED) is 0.799. The molecule has 3 heterocycles. The van der Waals surface area contributed by atoms with E-state index in [9.17, 15) is 14.4 Å². The highest BCUT2D eigenvalue weighted by atomic mass is 16.2. The second-order valence-corrected chi connectivity index (χ2v) is 7.96. The van der Waals surface area contributed by atoms with Crippen LogP contribution in [0.2, 0.25) is 0 Å². The van der Waals surface area contributed by atoms with Crippen LogP contribution in [0.4, 0.5) is 5.69 Å². The monoisotopic (exact) mass is 406 g/mol. The summed E-state index contributed by atoms with van der Waals surface area (Å²) < 4.78 is 0. The number of rotatable bonds is 6. The molecule has 2 saturated heterocycles. The SMILES string of the molecule is O=C(Nc1cccc(CN2CCCCC2=O)c1)C1CC(=O)N(Cc2ccccn2)C1.